The number of fused-ring (bicyclic) bond motifs is 1. The summed E-state index contributed by atoms with van der Waals surface area (Å²) in [5, 5.41) is 22.1. The second kappa shape index (κ2) is 11.7. The van der Waals surface area contributed by atoms with Crippen LogP contribution in [0, 0.1) is 13.8 Å². The topological polar surface area (TPSA) is 106 Å². The minimum Gasteiger partial charge on any atom is -0.493 e. The van der Waals surface area contributed by atoms with E-state index in [4.69, 9.17) is 9.72 Å². The first-order valence-electron chi connectivity index (χ1n) is 14.3. The number of hydrogen-bond donors (Lipinski definition) is 3. The Morgan fingerprint density at radius 2 is 1.66 bits per heavy atom. The smallest absolute Gasteiger partial charge is 0.410 e. The highest BCUT2D eigenvalue weighted by molar-refractivity contribution is 9.10. The molecule has 0 unspecified atom stereocenters. The van der Waals surface area contributed by atoms with Crippen molar-refractivity contribution in [2.75, 3.05) is 44.7 Å². The molecule has 2 saturated heterocycles. The third-order valence-corrected chi connectivity index (χ3v) is 8.67. The number of carbonyl (C=O) groups is 1. The third kappa shape index (κ3) is 6.57. The molecule has 41 heavy (non-hydrogen) atoms. The molecule has 2 aliphatic rings. The molecule has 0 radical (unpaired) electrons. The summed E-state index contributed by atoms with van der Waals surface area (Å²) < 4.78 is 7.76. The van der Waals surface area contributed by atoms with Crippen molar-refractivity contribution in [1.29, 1.82) is 0 Å². The fourth-order valence-corrected chi connectivity index (χ4v) is 6.07. The van der Waals surface area contributed by atoms with E-state index in [2.05, 4.69) is 37.2 Å². The van der Waals surface area contributed by atoms with Gasteiger partial charge in [-0.3, -0.25) is 15.2 Å². The highest BCUT2D eigenvalue weighted by Gasteiger charge is 2.31. The highest BCUT2D eigenvalue weighted by atomic mass is 79.9. The van der Waals surface area contributed by atoms with Crippen LogP contribution in [0.1, 0.15) is 50.3 Å². The van der Waals surface area contributed by atoms with Crippen molar-refractivity contribution >= 4 is 38.7 Å². The van der Waals surface area contributed by atoms with Crippen molar-refractivity contribution in [3.8, 4) is 11.8 Å². The number of piperazine rings is 1. The lowest BCUT2D eigenvalue weighted by molar-refractivity contribution is 0.00970. The van der Waals surface area contributed by atoms with Crippen LogP contribution >= 0.6 is 15.9 Å². The summed E-state index contributed by atoms with van der Waals surface area (Å²) >= 11 is 3.56. The molecule has 10 nitrogen and oxygen atoms in total. The number of piperidine rings is 1. The van der Waals surface area contributed by atoms with E-state index in [1.54, 1.807) is 13.8 Å². The summed E-state index contributed by atoms with van der Waals surface area (Å²) in [5.41, 5.74) is 5.81. The summed E-state index contributed by atoms with van der Waals surface area (Å²) in [6.45, 7) is 15.4. The maximum Gasteiger partial charge on any atom is 0.410 e. The van der Waals surface area contributed by atoms with Gasteiger partial charge >= 0.3 is 6.09 Å². The molecule has 1 aromatic carbocycles. The molecule has 4 heterocycles. The predicted molar refractivity (Wildman–Crippen MR) is 163 cm³/mol. The molecular weight excluding hydrogens is 588 g/mol. The summed E-state index contributed by atoms with van der Waals surface area (Å²) in [5.74, 6) is 0.470. The number of ether oxygens (including phenoxy) is 1. The Balaban J connectivity index is 1.24. The van der Waals surface area contributed by atoms with Gasteiger partial charge in [-0.1, -0.05) is 22.0 Å². The molecule has 11 heteroatoms. The van der Waals surface area contributed by atoms with Crippen LogP contribution in [0.4, 0.5) is 10.6 Å². The number of hydrogen-bond acceptors (Lipinski definition) is 8. The quantitative estimate of drug-likeness (QED) is 0.353. The number of nitrogens with zero attached hydrogens (tertiary/aromatic N) is 5. The van der Waals surface area contributed by atoms with Crippen LogP contribution in [0.25, 0.3) is 10.9 Å². The standard InChI is InChI=1S/C30H41BrN6O4/c1-19-20(2)28(39)37(27(19)38)33-26-16-21(24-7-6-22(31)17-25(24)32-26)18-34-12-14-35(15-13-34)23-8-10-36(11-9-23)29(40)41-30(3,4)5/h6-7,16-17,23,38-39H,8-15,18H2,1-5H3,(H,32,33). The number of carbonyl (C=O) groups excluding carboxylic acids is 1. The predicted octanol–water partition coefficient (Wildman–Crippen LogP) is 5.22. The number of nitrogens with one attached hydrogen (secondary N) is 1. The number of aromatic nitrogens is 2. The first-order valence-corrected chi connectivity index (χ1v) is 15.1. The van der Waals surface area contributed by atoms with Gasteiger partial charge in [0.1, 0.15) is 11.4 Å². The van der Waals surface area contributed by atoms with Crippen molar-refractivity contribution in [1.82, 2.24) is 24.4 Å². The molecule has 2 aliphatic heterocycles. The van der Waals surface area contributed by atoms with Crippen LogP contribution in [0.15, 0.2) is 28.7 Å². The average molecular weight is 630 g/mol. The molecular formula is C30H41BrN6O4. The van der Waals surface area contributed by atoms with E-state index in [0.717, 1.165) is 79.6 Å². The van der Waals surface area contributed by atoms with Crippen molar-refractivity contribution in [3.63, 3.8) is 0 Å². The molecule has 0 saturated carbocycles. The molecule has 0 spiro atoms. The van der Waals surface area contributed by atoms with Crippen molar-refractivity contribution in [3.05, 3.63) is 45.4 Å². The zero-order chi connectivity index (χ0) is 29.5. The fraction of sp³-hybridized carbons (Fsp3) is 0.533. The number of pyridine rings is 1. The number of rotatable bonds is 5. The minimum atomic E-state index is -0.471. The van der Waals surface area contributed by atoms with Crippen molar-refractivity contribution < 1.29 is 19.7 Å². The summed E-state index contributed by atoms with van der Waals surface area (Å²) in [6.07, 6.45) is 1.73. The summed E-state index contributed by atoms with van der Waals surface area (Å²) in [6, 6.07) is 8.58. The van der Waals surface area contributed by atoms with E-state index >= 15 is 0 Å². The number of benzene rings is 1. The SMILES string of the molecule is Cc1c(C)c(O)n(Nc2cc(CN3CCN(C4CCN(C(=O)OC(C)(C)C)CC4)CC3)c3ccc(Br)cc3n2)c1O. The van der Waals surface area contributed by atoms with Gasteiger partial charge in [0.25, 0.3) is 0 Å². The summed E-state index contributed by atoms with van der Waals surface area (Å²) in [4.78, 5) is 24.1. The highest BCUT2D eigenvalue weighted by Crippen LogP contribution is 2.33. The Kier molecular flexibility index (Phi) is 8.41. The zero-order valence-electron chi connectivity index (χ0n) is 24.6. The van der Waals surface area contributed by atoms with Gasteiger partial charge in [-0.25, -0.2) is 9.78 Å². The molecule has 0 atom stereocenters. The molecule has 5 rings (SSSR count). The molecule has 2 aromatic heterocycles. The van der Waals surface area contributed by atoms with Gasteiger partial charge in [-0.2, -0.15) is 4.68 Å². The Morgan fingerprint density at radius 1 is 1.02 bits per heavy atom. The van der Waals surface area contributed by atoms with Gasteiger partial charge < -0.3 is 19.8 Å². The Morgan fingerprint density at radius 3 is 2.27 bits per heavy atom. The van der Waals surface area contributed by atoms with E-state index < -0.39 is 5.60 Å². The Bertz CT molecular complexity index is 1390. The number of halogens is 1. The van der Waals surface area contributed by atoms with Crippen LogP contribution < -0.4 is 5.43 Å². The monoisotopic (exact) mass is 628 g/mol. The third-order valence-electron chi connectivity index (χ3n) is 8.17. The molecule has 222 valence electrons. The first kappa shape index (κ1) is 29.5. The van der Waals surface area contributed by atoms with E-state index in [0.29, 0.717) is 23.0 Å². The number of amides is 1. The molecule has 0 aliphatic carbocycles. The van der Waals surface area contributed by atoms with Crippen LogP contribution in [0.2, 0.25) is 0 Å². The van der Waals surface area contributed by atoms with Gasteiger partial charge in [0.15, 0.2) is 0 Å². The van der Waals surface area contributed by atoms with E-state index in [1.807, 2.05) is 43.9 Å². The first-order chi connectivity index (χ1) is 19.4. The summed E-state index contributed by atoms with van der Waals surface area (Å²) in [7, 11) is 0. The molecule has 0 bridgehead atoms. The van der Waals surface area contributed by atoms with Crippen LogP contribution in [0.3, 0.4) is 0 Å². The van der Waals surface area contributed by atoms with Crippen LogP contribution in [-0.4, -0.2) is 91.6 Å². The lowest BCUT2D eigenvalue weighted by Crippen LogP contribution is -2.53. The molecule has 3 N–H and O–H groups in total. The van der Waals surface area contributed by atoms with Crippen LogP contribution in [0.5, 0.6) is 11.8 Å². The van der Waals surface area contributed by atoms with Gasteiger partial charge in [-0.15, -0.1) is 0 Å². The molecule has 1 amide bonds. The van der Waals surface area contributed by atoms with Gasteiger partial charge in [0.05, 0.1) is 5.52 Å². The maximum absolute atomic E-state index is 12.4. The van der Waals surface area contributed by atoms with Gasteiger partial charge in [0, 0.05) is 72.8 Å². The maximum atomic E-state index is 12.4. The van der Waals surface area contributed by atoms with E-state index in [-0.39, 0.29) is 17.9 Å². The van der Waals surface area contributed by atoms with Crippen LogP contribution in [-0.2, 0) is 11.3 Å². The number of aromatic hydroxyl groups is 2. The number of anilines is 1. The second-order valence-electron chi connectivity index (χ2n) is 12.2. The number of likely N-dealkylation sites (tertiary alicyclic amines) is 1. The molecule has 2 fully saturated rings. The fourth-order valence-electron chi connectivity index (χ4n) is 5.72. The van der Waals surface area contributed by atoms with E-state index in [1.165, 1.54) is 4.68 Å². The zero-order valence-corrected chi connectivity index (χ0v) is 26.2. The average Bonchev–Trinajstić information content (AvgIpc) is 3.10. The van der Waals surface area contributed by atoms with Gasteiger partial charge in [0.2, 0.25) is 11.8 Å². The van der Waals surface area contributed by atoms with Crippen molar-refractivity contribution in [2.24, 2.45) is 0 Å². The van der Waals surface area contributed by atoms with Crippen molar-refractivity contribution in [2.45, 2.75) is 65.6 Å². The van der Waals surface area contributed by atoms with Gasteiger partial charge in [-0.05, 0) is 71.2 Å². The Labute approximate surface area is 250 Å². The minimum absolute atomic E-state index is 0.0364. The Hall–Kier alpha value is -3.02. The lowest BCUT2D eigenvalue weighted by Gasteiger charge is -2.43. The molecule has 3 aromatic rings. The largest absolute Gasteiger partial charge is 0.493 e. The second-order valence-corrected chi connectivity index (χ2v) is 13.1. The lowest BCUT2D eigenvalue weighted by atomic mass is 10.0. The normalized spacial score (nSPS) is 17.8. The van der Waals surface area contributed by atoms with E-state index in [9.17, 15) is 15.0 Å².